The molecule has 0 saturated heterocycles. The number of benzene rings is 2. The maximum atomic E-state index is 12.3. The lowest BCUT2D eigenvalue weighted by atomic mass is 10.1. The van der Waals surface area contributed by atoms with Crippen molar-refractivity contribution >= 4 is 40.7 Å². The van der Waals surface area contributed by atoms with Crippen molar-refractivity contribution in [1.82, 2.24) is 19.6 Å². The van der Waals surface area contributed by atoms with E-state index in [1.54, 1.807) is 28.4 Å². The normalized spacial score (nSPS) is 11.0. The minimum atomic E-state index is -0.0706. The van der Waals surface area contributed by atoms with Gasteiger partial charge in [0.1, 0.15) is 11.4 Å². The summed E-state index contributed by atoms with van der Waals surface area (Å²) in [6.45, 7) is 2.06. The predicted molar refractivity (Wildman–Crippen MR) is 115 cm³/mol. The fourth-order valence-corrected chi connectivity index (χ4v) is 3.86. The van der Waals surface area contributed by atoms with Gasteiger partial charge in [0, 0.05) is 21.3 Å². The molecule has 0 aliphatic rings. The van der Waals surface area contributed by atoms with Crippen molar-refractivity contribution in [3.05, 3.63) is 77.2 Å². The number of carbonyl (C=O) groups excluding carboxylic acids is 1. The molecule has 8 heteroatoms. The summed E-state index contributed by atoms with van der Waals surface area (Å²) < 4.78 is 1.73. The number of amides is 1. The van der Waals surface area contributed by atoms with Crippen molar-refractivity contribution in [3.8, 4) is 0 Å². The molecule has 0 fully saturated rings. The van der Waals surface area contributed by atoms with Crippen LogP contribution in [0.25, 0.3) is 5.78 Å². The van der Waals surface area contributed by atoms with Crippen LogP contribution in [0.2, 0.25) is 5.02 Å². The van der Waals surface area contributed by atoms with Crippen LogP contribution >= 0.6 is 23.4 Å². The van der Waals surface area contributed by atoms with Crippen LogP contribution in [-0.2, 0) is 17.6 Å². The Morgan fingerprint density at radius 3 is 2.62 bits per heavy atom. The summed E-state index contributed by atoms with van der Waals surface area (Å²) >= 11 is 7.46. The second-order valence-corrected chi connectivity index (χ2v) is 7.92. The number of hydrogen-bond donors (Lipinski definition) is 1. The molecule has 6 nitrogen and oxygen atoms in total. The molecule has 1 N–H and O–H groups in total. The van der Waals surface area contributed by atoms with Crippen molar-refractivity contribution in [2.45, 2.75) is 29.7 Å². The number of nitrogens with zero attached hydrogens (tertiary/aromatic N) is 4. The molecule has 4 rings (SSSR count). The van der Waals surface area contributed by atoms with Gasteiger partial charge >= 0.3 is 0 Å². The first-order valence-electron chi connectivity index (χ1n) is 9.12. The molecule has 0 aliphatic carbocycles. The first kappa shape index (κ1) is 19.4. The molecule has 0 atom stereocenters. The van der Waals surface area contributed by atoms with Gasteiger partial charge in [0.05, 0.1) is 6.42 Å². The third-order valence-electron chi connectivity index (χ3n) is 4.27. The number of aryl methyl sites for hydroxylation is 1. The maximum Gasteiger partial charge on any atom is 0.253 e. The van der Waals surface area contributed by atoms with Gasteiger partial charge in [0.15, 0.2) is 0 Å². The fourth-order valence-electron chi connectivity index (χ4n) is 2.81. The van der Waals surface area contributed by atoms with Gasteiger partial charge < -0.3 is 5.32 Å². The molecule has 0 radical (unpaired) electrons. The molecule has 0 unspecified atom stereocenters. The summed E-state index contributed by atoms with van der Waals surface area (Å²) in [5.74, 6) is 0.525. The largest absolute Gasteiger partial charge is 0.326 e. The predicted octanol–water partition coefficient (Wildman–Crippen LogP) is 4.67. The fraction of sp³-hybridized carbons (Fsp3) is 0.143. The Morgan fingerprint density at radius 2 is 1.90 bits per heavy atom. The van der Waals surface area contributed by atoms with E-state index in [1.807, 2.05) is 42.5 Å². The van der Waals surface area contributed by atoms with Crippen LogP contribution in [0.1, 0.15) is 18.2 Å². The number of halogens is 1. The summed E-state index contributed by atoms with van der Waals surface area (Å²) in [5.41, 5.74) is 2.64. The van der Waals surface area contributed by atoms with Gasteiger partial charge in [-0.1, -0.05) is 42.4 Å². The van der Waals surface area contributed by atoms with Crippen LogP contribution in [0.15, 0.2) is 70.8 Å². The topological polar surface area (TPSA) is 72.2 Å². The lowest BCUT2D eigenvalue weighted by Crippen LogP contribution is -2.14. The van der Waals surface area contributed by atoms with Crippen molar-refractivity contribution in [3.63, 3.8) is 0 Å². The zero-order valence-corrected chi connectivity index (χ0v) is 17.2. The highest BCUT2D eigenvalue weighted by Crippen LogP contribution is 2.29. The lowest BCUT2D eigenvalue weighted by Gasteiger charge is -2.08. The number of carbonyl (C=O) groups is 1. The van der Waals surface area contributed by atoms with E-state index >= 15 is 0 Å². The number of nitrogens with one attached hydrogen (secondary N) is 1. The smallest absolute Gasteiger partial charge is 0.253 e. The van der Waals surface area contributed by atoms with Gasteiger partial charge in [0.25, 0.3) is 5.78 Å². The number of anilines is 1. The van der Waals surface area contributed by atoms with E-state index in [0.717, 1.165) is 33.3 Å². The van der Waals surface area contributed by atoms with Gasteiger partial charge in [-0.3, -0.25) is 4.79 Å². The molecule has 146 valence electrons. The van der Waals surface area contributed by atoms with Gasteiger partial charge in [-0.05, 0) is 54.4 Å². The Morgan fingerprint density at radius 1 is 1.14 bits per heavy atom. The summed E-state index contributed by atoms with van der Waals surface area (Å²) in [5, 5.41) is 8.78. The highest BCUT2D eigenvalue weighted by atomic mass is 35.5. The molecule has 2 aromatic heterocycles. The molecule has 0 saturated carbocycles. The minimum Gasteiger partial charge on any atom is -0.326 e. The molecular formula is C21H18ClN5OS. The van der Waals surface area contributed by atoms with Crippen molar-refractivity contribution in [2.24, 2.45) is 0 Å². The molecule has 4 aromatic rings. The summed E-state index contributed by atoms with van der Waals surface area (Å²) in [6, 6.07) is 17.0. The molecule has 0 spiro atoms. The van der Waals surface area contributed by atoms with Crippen molar-refractivity contribution in [1.29, 1.82) is 0 Å². The molecule has 0 bridgehead atoms. The van der Waals surface area contributed by atoms with Crippen LogP contribution in [0, 0.1) is 0 Å². The Bertz CT molecular complexity index is 1140. The van der Waals surface area contributed by atoms with E-state index < -0.39 is 0 Å². The van der Waals surface area contributed by atoms with E-state index in [-0.39, 0.29) is 5.91 Å². The lowest BCUT2D eigenvalue weighted by molar-refractivity contribution is -0.115. The molecule has 2 aromatic carbocycles. The van der Waals surface area contributed by atoms with Crippen LogP contribution in [0.3, 0.4) is 0 Å². The standard InChI is InChI=1S/C21H18ClN5OS/c1-2-16-12-20(27-21(26-16)23-13-24-27)29-18-9-7-17(8-10-18)25-19(28)11-14-3-5-15(22)6-4-14/h3-10,12-13H,2,11H2,1H3,(H,25,28). The molecular weight excluding hydrogens is 406 g/mol. The molecule has 2 heterocycles. The molecule has 1 amide bonds. The second-order valence-electron chi connectivity index (χ2n) is 6.39. The van der Waals surface area contributed by atoms with E-state index in [2.05, 4.69) is 27.3 Å². The Kier molecular flexibility index (Phi) is 5.78. The first-order chi connectivity index (χ1) is 14.1. The SMILES string of the molecule is CCc1cc(Sc2ccc(NC(=O)Cc3ccc(Cl)cc3)cc2)n2ncnc2n1. The van der Waals surface area contributed by atoms with E-state index in [1.165, 1.54) is 6.33 Å². The summed E-state index contributed by atoms with van der Waals surface area (Å²) in [6.07, 6.45) is 2.63. The van der Waals surface area contributed by atoms with E-state index in [4.69, 9.17) is 11.6 Å². The zero-order valence-electron chi connectivity index (χ0n) is 15.7. The van der Waals surface area contributed by atoms with Crippen LogP contribution in [0.5, 0.6) is 0 Å². The third kappa shape index (κ3) is 4.75. The number of rotatable bonds is 6. The monoisotopic (exact) mass is 423 g/mol. The van der Waals surface area contributed by atoms with Crippen LogP contribution < -0.4 is 5.32 Å². The summed E-state index contributed by atoms with van der Waals surface area (Å²) in [7, 11) is 0. The van der Waals surface area contributed by atoms with E-state index in [0.29, 0.717) is 17.2 Å². The number of fused-ring (bicyclic) bond motifs is 1. The Hall–Kier alpha value is -2.90. The minimum absolute atomic E-state index is 0.0706. The molecule has 0 aliphatic heterocycles. The quantitative estimate of drug-likeness (QED) is 0.456. The highest BCUT2D eigenvalue weighted by molar-refractivity contribution is 7.99. The average Bonchev–Trinajstić information content (AvgIpc) is 3.20. The van der Waals surface area contributed by atoms with Gasteiger partial charge in [0.2, 0.25) is 5.91 Å². The van der Waals surface area contributed by atoms with Crippen molar-refractivity contribution in [2.75, 3.05) is 5.32 Å². The van der Waals surface area contributed by atoms with E-state index in [9.17, 15) is 4.79 Å². The third-order valence-corrected chi connectivity index (χ3v) is 5.53. The van der Waals surface area contributed by atoms with Gasteiger partial charge in [-0.2, -0.15) is 14.6 Å². The average molecular weight is 424 g/mol. The highest BCUT2D eigenvalue weighted by Gasteiger charge is 2.09. The zero-order chi connectivity index (χ0) is 20.2. The van der Waals surface area contributed by atoms with Gasteiger partial charge in [-0.25, -0.2) is 4.98 Å². The number of aromatic nitrogens is 4. The molecule has 29 heavy (non-hydrogen) atoms. The second kappa shape index (κ2) is 8.63. The first-order valence-corrected chi connectivity index (χ1v) is 10.3. The van der Waals surface area contributed by atoms with Crippen molar-refractivity contribution < 1.29 is 4.79 Å². The van der Waals surface area contributed by atoms with Crippen LogP contribution in [-0.4, -0.2) is 25.5 Å². The maximum absolute atomic E-state index is 12.3. The van der Waals surface area contributed by atoms with Gasteiger partial charge in [-0.15, -0.1) is 0 Å². The Labute approximate surface area is 177 Å². The number of hydrogen-bond acceptors (Lipinski definition) is 5. The summed E-state index contributed by atoms with van der Waals surface area (Å²) in [4.78, 5) is 21.9. The Balaban J connectivity index is 1.43. The van der Waals surface area contributed by atoms with Crippen LogP contribution in [0.4, 0.5) is 5.69 Å².